The largest absolute Gasteiger partial charge is 0.494 e. The number of nitrogens with one attached hydrogen (secondary N) is 1. The number of hydrogen-bond donors (Lipinski definition) is 1. The fraction of sp³-hybridized carbons (Fsp3) is 0.571. The van der Waals surface area contributed by atoms with Crippen molar-refractivity contribution in [2.45, 2.75) is 32.9 Å². The van der Waals surface area contributed by atoms with E-state index in [2.05, 4.69) is 19.2 Å². The molecular weight excluding hydrogens is 233 g/mol. The van der Waals surface area contributed by atoms with Gasteiger partial charge in [0, 0.05) is 12.6 Å². The van der Waals surface area contributed by atoms with Gasteiger partial charge in [0.15, 0.2) is 11.6 Å². The molecule has 4 heteroatoms. The molecule has 1 rings (SSSR count). The minimum atomic E-state index is -0.347. The van der Waals surface area contributed by atoms with Crippen LogP contribution in [0.25, 0.3) is 0 Å². The van der Waals surface area contributed by atoms with Crippen molar-refractivity contribution < 1.29 is 13.9 Å². The lowest BCUT2D eigenvalue weighted by molar-refractivity contribution is 0.118. The summed E-state index contributed by atoms with van der Waals surface area (Å²) in [6, 6.07) is 5.38. The summed E-state index contributed by atoms with van der Waals surface area (Å²) in [6.07, 6.45) is 0.955. The van der Waals surface area contributed by atoms with Gasteiger partial charge < -0.3 is 14.8 Å². The van der Waals surface area contributed by atoms with Crippen molar-refractivity contribution in [3.8, 4) is 5.75 Å². The van der Waals surface area contributed by atoms with Crippen LogP contribution in [0.2, 0.25) is 0 Å². The third-order valence-corrected chi connectivity index (χ3v) is 2.50. The number of benzene rings is 1. The molecule has 0 aliphatic rings. The summed E-state index contributed by atoms with van der Waals surface area (Å²) in [5, 5.41) is 3.31. The lowest BCUT2D eigenvalue weighted by Gasteiger charge is -2.09. The number of methoxy groups -OCH3 is 1. The number of ether oxygens (including phenoxy) is 2. The third kappa shape index (κ3) is 5.47. The van der Waals surface area contributed by atoms with Crippen LogP contribution in [0.4, 0.5) is 4.39 Å². The minimum absolute atomic E-state index is 0.264. The summed E-state index contributed by atoms with van der Waals surface area (Å²) in [7, 11) is 1.45. The summed E-state index contributed by atoms with van der Waals surface area (Å²) >= 11 is 0. The Morgan fingerprint density at radius 2 is 2.11 bits per heavy atom. The highest BCUT2D eigenvalue weighted by atomic mass is 19.1. The predicted octanol–water partition coefficient (Wildman–Crippen LogP) is 2.74. The first kappa shape index (κ1) is 14.9. The van der Waals surface area contributed by atoms with Crippen molar-refractivity contribution in [2.24, 2.45) is 0 Å². The van der Waals surface area contributed by atoms with E-state index < -0.39 is 0 Å². The summed E-state index contributed by atoms with van der Waals surface area (Å²) in [5.41, 5.74) is 0.824. The van der Waals surface area contributed by atoms with E-state index in [-0.39, 0.29) is 11.6 Å². The van der Waals surface area contributed by atoms with Crippen molar-refractivity contribution in [3.05, 3.63) is 29.6 Å². The highest BCUT2D eigenvalue weighted by Crippen LogP contribution is 2.17. The first-order chi connectivity index (χ1) is 8.63. The van der Waals surface area contributed by atoms with Gasteiger partial charge >= 0.3 is 0 Å². The highest BCUT2D eigenvalue weighted by molar-refractivity contribution is 5.28. The van der Waals surface area contributed by atoms with E-state index in [0.29, 0.717) is 19.3 Å². The Balaban J connectivity index is 2.21. The topological polar surface area (TPSA) is 30.5 Å². The molecule has 1 N–H and O–H groups in total. The summed E-state index contributed by atoms with van der Waals surface area (Å²) in [5.74, 6) is -0.0834. The van der Waals surface area contributed by atoms with E-state index in [1.165, 1.54) is 13.2 Å². The van der Waals surface area contributed by atoms with Crippen molar-refractivity contribution in [1.29, 1.82) is 0 Å². The van der Waals surface area contributed by atoms with Crippen molar-refractivity contribution >= 4 is 0 Å². The zero-order chi connectivity index (χ0) is 13.4. The van der Waals surface area contributed by atoms with Gasteiger partial charge in [-0.05, 0) is 30.7 Å². The van der Waals surface area contributed by atoms with E-state index >= 15 is 0 Å². The van der Waals surface area contributed by atoms with Crippen LogP contribution in [-0.4, -0.2) is 26.3 Å². The predicted molar refractivity (Wildman–Crippen MR) is 70.4 cm³/mol. The van der Waals surface area contributed by atoms with E-state index in [1.807, 2.05) is 6.07 Å². The Kier molecular flexibility index (Phi) is 6.68. The van der Waals surface area contributed by atoms with Crippen molar-refractivity contribution in [1.82, 2.24) is 5.32 Å². The van der Waals surface area contributed by atoms with Crippen LogP contribution in [0.1, 0.15) is 25.8 Å². The van der Waals surface area contributed by atoms with Gasteiger partial charge in [-0.25, -0.2) is 4.39 Å². The van der Waals surface area contributed by atoms with Gasteiger partial charge in [-0.15, -0.1) is 0 Å². The van der Waals surface area contributed by atoms with Crippen molar-refractivity contribution in [3.63, 3.8) is 0 Å². The first-order valence-electron chi connectivity index (χ1n) is 6.27. The maximum atomic E-state index is 13.4. The van der Waals surface area contributed by atoms with Crippen LogP contribution in [0.15, 0.2) is 18.2 Å². The molecule has 0 spiro atoms. The Hall–Kier alpha value is -1.13. The maximum absolute atomic E-state index is 13.4. The molecule has 0 aliphatic heterocycles. The Labute approximate surface area is 108 Å². The molecule has 0 aromatic heterocycles. The monoisotopic (exact) mass is 255 g/mol. The molecule has 18 heavy (non-hydrogen) atoms. The second-order valence-electron chi connectivity index (χ2n) is 4.48. The van der Waals surface area contributed by atoms with Crippen LogP contribution in [0.3, 0.4) is 0 Å². The quantitative estimate of drug-likeness (QED) is 0.725. The Morgan fingerprint density at radius 3 is 2.72 bits per heavy atom. The van der Waals surface area contributed by atoms with Gasteiger partial charge in [0.2, 0.25) is 0 Å². The first-order valence-corrected chi connectivity index (χ1v) is 6.27. The van der Waals surface area contributed by atoms with Gasteiger partial charge in [-0.3, -0.25) is 0 Å². The molecular formula is C14H22FNO2. The average Bonchev–Trinajstić information content (AvgIpc) is 2.33. The van der Waals surface area contributed by atoms with Gasteiger partial charge in [0.25, 0.3) is 0 Å². The fourth-order valence-corrected chi connectivity index (χ4v) is 1.55. The second-order valence-corrected chi connectivity index (χ2v) is 4.48. The summed E-state index contributed by atoms with van der Waals surface area (Å²) in [4.78, 5) is 0. The van der Waals surface area contributed by atoms with Crippen LogP contribution in [-0.2, 0) is 11.3 Å². The zero-order valence-electron chi connectivity index (χ0n) is 11.3. The van der Waals surface area contributed by atoms with E-state index in [4.69, 9.17) is 9.47 Å². The Bertz CT molecular complexity index is 356. The fourth-order valence-electron chi connectivity index (χ4n) is 1.55. The van der Waals surface area contributed by atoms with Gasteiger partial charge in [0.1, 0.15) is 0 Å². The average molecular weight is 255 g/mol. The molecule has 1 aromatic rings. The molecule has 0 radical (unpaired) electrons. The van der Waals surface area contributed by atoms with E-state index in [0.717, 1.165) is 18.5 Å². The number of hydrogen-bond acceptors (Lipinski definition) is 3. The highest BCUT2D eigenvalue weighted by Gasteiger charge is 2.03. The number of halogens is 1. The SMILES string of the molecule is COc1ccc(COCCCNC(C)C)cc1F. The second kappa shape index (κ2) is 8.06. The van der Waals surface area contributed by atoms with E-state index in [9.17, 15) is 4.39 Å². The molecule has 0 fully saturated rings. The Morgan fingerprint density at radius 1 is 1.33 bits per heavy atom. The summed E-state index contributed by atoms with van der Waals surface area (Å²) < 4.78 is 23.7. The zero-order valence-corrected chi connectivity index (χ0v) is 11.3. The minimum Gasteiger partial charge on any atom is -0.494 e. The summed E-state index contributed by atoms with van der Waals surface area (Å²) in [6.45, 7) is 6.27. The lowest BCUT2D eigenvalue weighted by atomic mass is 10.2. The standard InChI is InChI=1S/C14H22FNO2/c1-11(2)16-7-4-8-18-10-12-5-6-14(17-3)13(15)9-12/h5-6,9,11,16H,4,7-8,10H2,1-3H3. The molecule has 0 saturated heterocycles. The molecule has 0 atom stereocenters. The molecule has 0 unspecified atom stereocenters. The molecule has 1 aromatic carbocycles. The van der Waals surface area contributed by atoms with Crippen LogP contribution in [0, 0.1) is 5.82 Å². The molecule has 102 valence electrons. The molecule has 0 heterocycles. The molecule has 0 saturated carbocycles. The van der Waals surface area contributed by atoms with Gasteiger partial charge in [-0.2, -0.15) is 0 Å². The number of rotatable bonds is 8. The molecule has 3 nitrogen and oxygen atoms in total. The molecule has 0 bridgehead atoms. The van der Waals surface area contributed by atoms with Gasteiger partial charge in [0.05, 0.1) is 13.7 Å². The molecule has 0 aliphatic carbocycles. The third-order valence-electron chi connectivity index (χ3n) is 2.50. The smallest absolute Gasteiger partial charge is 0.165 e. The van der Waals surface area contributed by atoms with Crippen LogP contribution >= 0.6 is 0 Å². The van der Waals surface area contributed by atoms with Crippen molar-refractivity contribution in [2.75, 3.05) is 20.3 Å². The van der Waals surface area contributed by atoms with Gasteiger partial charge in [-0.1, -0.05) is 19.9 Å². The lowest BCUT2D eigenvalue weighted by Crippen LogP contribution is -2.24. The molecule has 0 amide bonds. The van der Waals surface area contributed by atoms with E-state index in [1.54, 1.807) is 6.07 Å². The van der Waals surface area contributed by atoms with Crippen LogP contribution < -0.4 is 10.1 Å². The van der Waals surface area contributed by atoms with Crippen LogP contribution in [0.5, 0.6) is 5.75 Å². The maximum Gasteiger partial charge on any atom is 0.165 e. The normalized spacial score (nSPS) is 10.9.